The van der Waals surface area contributed by atoms with Crippen LogP contribution in [-0.2, 0) is 6.54 Å². The van der Waals surface area contributed by atoms with E-state index < -0.39 is 0 Å². The van der Waals surface area contributed by atoms with Crippen molar-refractivity contribution < 1.29 is 4.74 Å². The molecule has 1 unspecified atom stereocenters. The number of para-hydroxylation sites is 1. The summed E-state index contributed by atoms with van der Waals surface area (Å²) in [4.78, 5) is 6.45. The maximum absolute atomic E-state index is 6.54. The van der Waals surface area contributed by atoms with Crippen molar-refractivity contribution in [3.63, 3.8) is 0 Å². The van der Waals surface area contributed by atoms with Crippen LogP contribution in [0.1, 0.15) is 36.8 Å². The molecule has 0 radical (unpaired) electrons. The summed E-state index contributed by atoms with van der Waals surface area (Å²) in [7, 11) is 2.00. The smallest absolute Gasteiger partial charge is 0.134 e. The molecule has 0 saturated carbocycles. The molecular weight excluding hydrogens is 366 g/mol. The Hall–Kier alpha value is -1.40. The van der Waals surface area contributed by atoms with Gasteiger partial charge in [0.1, 0.15) is 11.9 Å². The molecular formula is C23H35N3OS. The highest BCUT2D eigenvalue weighted by Gasteiger charge is 2.20. The summed E-state index contributed by atoms with van der Waals surface area (Å²) in [6.07, 6.45) is 1.08. The van der Waals surface area contributed by atoms with Crippen LogP contribution in [0.3, 0.4) is 0 Å². The fourth-order valence-corrected chi connectivity index (χ4v) is 4.59. The van der Waals surface area contributed by atoms with E-state index in [0.717, 1.165) is 44.3 Å². The van der Waals surface area contributed by atoms with Gasteiger partial charge in [-0.15, -0.1) is 11.3 Å². The number of thiophene rings is 1. The van der Waals surface area contributed by atoms with Crippen molar-refractivity contribution in [3.05, 3.63) is 52.2 Å². The molecule has 1 aliphatic heterocycles. The summed E-state index contributed by atoms with van der Waals surface area (Å²) < 4.78 is 6.54. The minimum Gasteiger partial charge on any atom is -0.485 e. The van der Waals surface area contributed by atoms with Crippen LogP contribution >= 0.6 is 11.3 Å². The average Bonchev–Trinajstić information content (AvgIpc) is 3.22. The lowest BCUT2D eigenvalue weighted by atomic mass is 10.1. The average molecular weight is 402 g/mol. The normalized spacial score (nSPS) is 17.1. The van der Waals surface area contributed by atoms with Gasteiger partial charge in [-0.05, 0) is 37.0 Å². The monoisotopic (exact) mass is 401 g/mol. The first-order valence-electron chi connectivity index (χ1n) is 10.5. The van der Waals surface area contributed by atoms with E-state index >= 15 is 0 Å². The molecule has 0 amide bonds. The number of nitrogens with zero attached hydrogens (tertiary/aromatic N) is 2. The summed E-state index contributed by atoms with van der Waals surface area (Å²) in [6.45, 7) is 12.3. The molecule has 154 valence electrons. The highest BCUT2D eigenvalue weighted by atomic mass is 32.1. The van der Waals surface area contributed by atoms with Crippen molar-refractivity contribution in [2.75, 3.05) is 46.3 Å². The third-order valence-corrected chi connectivity index (χ3v) is 6.21. The minimum atomic E-state index is 0.108. The summed E-state index contributed by atoms with van der Waals surface area (Å²) in [5.41, 5.74) is 1.30. The van der Waals surface area contributed by atoms with E-state index in [0.29, 0.717) is 0 Å². The number of piperazine rings is 1. The Bertz CT molecular complexity index is 681. The van der Waals surface area contributed by atoms with Crippen molar-refractivity contribution >= 4 is 11.3 Å². The second kappa shape index (κ2) is 11.0. The fraction of sp³-hybridized carbons (Fsp3) is 0.565. The van der Waals surface area contributed by atoms with E-state index in [4.69, 9.17) is 4.74 Å². The summed E-state index contributed by atoms with van der Waals surface area (Å²) in [5.74, 6) is 1.77. The molecule has 1 aromatic carbocycles. The van der Waals surface area contributed by atoms with Crippen LogP contribution in [0.2, 0.25) is 0 Å². The van der Waals surface area contributed by atoms with Crippen molar-refractivity contribution in [1.29, 1.82) is 0 Å². The fourth-order valence-electron chi connectivity index (χ4n) is 3.80. The van der Waals surface area contributed by atoms with Gasteiger partial charge in [-0.2, -0.15) is 0 Å². The van der Waals surface area contributed by atoms with Crippen LogP contribution in [0.15, 0.2) is 41.8 Å². The Kier molecular flexibility index (Phi) is 8.34. The Morgan fingerprint density at radius 2 is 1.79 bits per heavy atom. The predicted molar refractivity (Wildman–Crippen MR) is 119 cm³/mol. The van der Waals surface area contributed by atoms with Crippen molar-refractivity contribution in [1.82, 2.24) is 15.1 Å². The maximum atomic E-state index is 6.54. The number of benzene rings is 1. The highest BCUT2D eigenvalue weighted by molar-refractivity contribution is 7.10. The molecule has 1 aliphatic rings. The van der Waals surface area contributed by atoms with Gasteiger partial charge in [-0.3, -0.25) is 4.90 Å². The van der Waals surface area contributed by atoms with Crippen molar-refractivity contribution in [3.8, 4) is 5.75 Å². The number of hydrogen-bond donors (Lipinski definition) is 1. The van der Waals surface area contributed by atoms with Gasteiger partial charge < -0.3 is 15.0 Å². The molecule has 0 spiro atoms. The number of hydrogen-bond acceptors (Lipinski definition) is 5. The van der Waals surface area contributed by atoms with E-state index in [1.165, 1.54) is 30.1 Å². The minimum absolute atomic E-state index is 0.108. The van der Waals surface area contributed by atoms with Gasteiger partial charge in [-0.1, -0.05) is 38.1 Å². The third kappa shape index (κ3) is 6.31. The molecule has 3 rings (SSSR count). The molecule has 4 nitrogen and oxygen atoms in total. The zero-order valence-electron chi connectivity index (χ0n) is 17.6. The zero-order chi connectivity index (χ0) is 19.8. The second-order valence-electron chi connectivity index (χ2n) is 8.09. The first-order chi connectivity index (χ1) is 13.7. The second-order valence-corrected chi connectivity index (χ2v) is 9.07. The molecule has 1 fully saturated rings. The molecule has 1 N–H and O–H groups in total. The van der Waals surface area contributed by atoms with E-state index in [1.807, 2.05) is 7.05 Å². The van der Waals surface area contributed by atoms with Crippen LogP contribution in [0.4, 0.5) is 0 Å². The lowest BCUT2D eigenvalue weighted by Crippen LogP contribution is -2.46. The quantitative estimate of drug-likeness (QED) is 0.644. The summed E-state index contributed by atoms with van der Waals surface area (Å²) in [6, 6.07) is 12.9. The molecule has 1 atom stereocenters. The highest BCUT2D eigenvalue weighted by Crippen LogP contribution is 2.30. The predicted octanol–water partition coefficient (Wildman–Crippen LogP) is 4.25. The van der Waals surface area contributed by atoms with E-state index in [-0.39, 0.29) is 6.10 Å². The first kappa shape index (κ1) is 21.3. The molecule has 0 aliphatic carbocycles. The van der Waals surface area contributed by atoms with Crippen LogP contribution in [0.25, 0.3) is 0 Å². The zero-order valence-corrected chi connectivity index (χ0v) is 18.4. The van der Waals surface area contributed by atoms with Gasteiger partial charge in [0, 0.05) is 56.1 Å². The Morgan fingerprint density at radius 3 is 2.46 bits per heavy atom. The lowest BCUT2D eigenvalue weighted by Gasteiger charge is -2.35. The number of nitrogens with one attached hydrogen (secondary N) is 1. The maximum Gasteiger partial charge on any atom is 0.134 e. The number of rotatable bonds is 10. The number of ether oxygens (including phenoxy) is 1. The van der Waals surface area contributed by atoms with Crippen LogP contribution < -0.4 is 10.1 Å². The molecule has 0 bridgehead atoms. The van der Waals surface area contributed by atoms with Gasteiger partial charge >= 0.3 is 0 Å². The van der Waals surface area contributed by atoms with Crippen LogP contribution in [0.5, 0.6) is 5.75 Å². The molecule has 5 heteroatoms. The summed E-state index contributed by atoms with van der Waals surface area (Å²) >= 11 is 1.78. The molecule has 2 aromatic rings. The topological polar surface area (TPSA) is 27.7 Å². The lowest BCUT2D eigenvalue weighted by molar-refractivity contribution is 0.115. The van der Waals surface area contributed by atoms with Gasteiger partial charge in [-0.25, -0.2) is 0 Å². The van der Waals surface area contributed by atoms with Gasteiger partial charge in [0.2, 0.25) is 0 Å². The largest absolute Gasteiger partial charge is 0.485 e. The van der Waals surface area contributed by atoms with Crippen molar-refractivity contribution in [2.45, 2.75) is 32.9 Å². The van der Waals surface area contributed by atoms with Gasteiger partial charge in [0.25, 0.3) is 0 Å². The SMILES string of the molecule is CNCCC(Oc1ccccc1CN1CCN(CC(C)C)CC1)c1cccs1. The van der Waals surface area contributed by atoms with Gasteiger partial charge in [0.05, 0.1) is 0 Å². The molecule has 1 saturated heterocycles. The molecule has 1 aromatic heterocycles. The van der Waals surface area contributed by atoms with Crippen LogP contribution in [-0.4, -0.2) is 56.1 Å². The molecule has 28 heavy (non-hydrogen) atoms. The Labute approximate surface area is 174 Å². The molecule has 2 heterocycles. The van der Waals surface area contributed by atoms with Crippen LogP contribution in [0, 0.1) is 5.92 Å². The van der Waals surface area contributed by atoms with Crippen molar-refractivity contribution in [2.24, 2.45) is 5.92 Å². The Balaban J connectivity index is 1.62. The Morgan fingerprint density at radius 1 is 1.04 bits per heavy atom. The van der Waals surface area contributed by atoms with E-state index in [1.54, 1.807) is 11.3 Å². The first-order valence-corrected chi connectivity index (χ1v) is 11.4. The third-order valence-electron chi connectivity index (χ3n) is 5.24. The summed E-state index contributed by atoms with van der Waals surface area (Å²) in [5, 5.41) is 5.39. The van der Waals surface area contributed by atoms with E-state index in [2.05, 4.69) is 70.7 Å². The van der Waals surface area contributed by atoms with E-state index in [9.17, 15) is 0 Å². The standard InChI is InChI=1S/C23H35N3OS/c1-19(2)17-25-12-14-26(15-13-25)18-20-7-4-5-8-21(20)27-22(10-11-24-3)23-9-6-16-28-23/h4-9,16,19,22,24H,10-15,17-18H2,1-3H3. The van der Waals surface area contributed by atoms with Gasteiger partial charge in [0.15, 0.2) is 0 Å².